The summed E-state index contributed by atoms with van der Waals surface area (Å²) in [6.45, 7) is 1.70. The summed E-state index contributed by atoms with van der Waals surface area (Å²) in [5, 5.41) is 4.06. The van der Waals surface area contributed by atoms with E-state index in [1.54, 1.807) is 6.33 Å². The van der Waals surface area contributed by atoms with Crippen LogP contribution in [0.25, 0.3) is 11.4 Å². The van der Waals surface area contributed by atoms with Gasteiger partial charge in [-0.05, 0) is 30.9 Å². The average molecular weight is 431 g/mol. The van der Waals surface area contributed by atoms with Gasteiger partial charge in [-0.1, -0.05) is 36.6 Å². The van der Waals surface area contributed by atoms with Gasteiger partial charge < -0.3 is 9.51 Å². The van der Waals surface area contributed by atoms with E-state index in [1.165, 1.54) is 44.2 Å². The summed E-state index contributed by atoms with van der Waals surface area (Å²) in [5.41, 5.74) is 1.92. The number of hydrogen-bond acceptors (Lipinski definition) is 5. The molecule has 9 heteroatoms. The van der Waals surface area contributed by atoms with Crippen molar-refractivity contribution in [3.63, 3.8) is 0 Å². The quantitative estimate of drug-likeness (QED) is 0.618. The van der Waals surface area contributed by atoms with Gasteiger partial charge in [0, 0.05) is 25.1 Å². The Labute approximate surface area is 177 Å². The second-order valence-corrected chi connectivity index (χ2v) is 8.51. The molecule has 6 nitrogen and oxygen atoms in total. The summed E-state index contributed by atoms with van der Waals surface area (Å²) in [4.78, 5) is 14.6. The number of H-pyrrole nitrogens is 1. The number of aromatic nitrogens is 4. The van der Waals surface area contributed by atoms with E-state index in [0.29, 0.717) is 29.6 Å². The predicted molar refractivity (Wildman–Crippen MR) is 107 cm³/mol. The second kappa shape index (κ2) is 8.11. The molecule has 0 amide bonds. The number of aromatic amines is 1. The summed E-state index contributed by atoms with van der Waals surface area (Å²) in [5.74, 6) is 1.44. The highest BCUT2D eigenvalue weighted by molar-refractivity contribution is 5.55. The number of rotatable bonds is 4. The summed E-state index contributed by atoms with van der Waals surface area (Å²) in [7, 11) is 0. The summed E-state index contributed by atoms with van der Waals surface area (Å²) in [6.07, 6.45) is 4.34. The van der Waals surface area contributed by atoms with Crippen molar-refractivity contribution >= 4 is 0 Å². The second-order valence-electron chi connectivity index (χ2n) is 8.51. The largest absolute Gasteiger partial charge is 0.416 e. The van der Waals surface area contributed by atoms with Crippen molar-refractivity contribution in [2.45, 2.75) is 57.3 Å². The maximum Gasteiger partial charge on any atom is 0.416 e. The van der Waals surface area contributed by atoms with Gasteiger partial charge in [0.2, 0.25) is 11.7 Å². The van der Waals surface area contributed by atoms with Crippen LogP contribution in [-0.4, -0.2) is 31.6 Å². The molecule has 1 fully saturated rings. The van der Waals surface area contributed by atoms with E-state index in [2.05, 4.69) is 25.0 Å². The number of nitrogens with one attached hydrogen (secondary N) is 1. The Morgan fingerprint density at radius 3 is 2.61 bits per heavy atom. The van der Waals surface area contributed by atoms with Crippen LogP contribution in [0.4, 0.5) is 13.2 Å². The minimum absolute atomic E-state index is 0.0894. The fraction of sp³-hybridized carbons (Fsp3) is 0.500. The molecule has 2 aromatic heterocycles. The number of fused-ring (bicyclic) bond motifs is 1. The highest BCUT2D eigenvalue weighted by atomic mass is 19.4. The molecule has 1 N–H and O–H groups in total. The zero-order valence-corrected chi connectivity index (χ0v) is 17.0. The van der Waals surface area contributed by atoms with Crippen molar-refractivity contribution in [3.8, 4) is 11.4 Å². The molecule has 0 spiro atoms. The third kappa shape index (κ3) is 4.23. The van der Waals surface area contributed by atoms with Crippen LogP contribution in [0, 0.1) is 5.92 Å². The third-order valence-electron chi connectivity index (χ3n) is 6.41. The third-order valence-corrected chi connectivity index (χ3v) is 6.41. The predicted octanol–water partition coefficient (Wildman–Crippen LogP) is 5.16. The molecule has 3 heterocycles. The lowest BCUT2D eigenvalue weighted by atomic mass is 9.88. The summed E-state index contributed by atoms with van der Waals surface area (Å²) in [6, 6.07) is 4.75. The number of alkyl halides is 3. The van der Waals surface area contributed by atoms with E-state index in [4.69, 9.17) is 4.52 Å². The van der Waals surface area contributed by atoms with E-state index >= 15 is 0 Å². The minimum Gasteiger partial charge on any atom is -0.347 e. The molecular formula is C22H24F3N5O. The highest BCUT2D eigenvalue weighted by Gasteiger charge is 2.35. The molecule has 5 rings (SSSR count). The number of benzene rings is 1. The first-order chi connectivity index (χ1) is 15.0. The molecule has 1 saturated carbocycles. The molecule has 0 saturated heterocycles. The van der Waals surface area contributed by atoms with Gasteiger partial charge in [0.05, 0.1) is 29.3 Å². The highest BCUT2D eigenvalue weighted by Crippen LogP contribution is 2.35. The van der Waals surface area contributed by atoms with E-state index in [1.807, 2.05) is 0 Å². The molecule has 0 unspecified atom stereocenters. The number of halogens is 3. The molecule has 3 aromatic rings. The number of nitrogens with zero attached hydrogens (tertiary/aromatic N) is 4. The summed E-state index contributed by atoms with van der Waals surface area (Å²) < 4.78 is 44.1. The van der Waals surface area contributed by atoms with Crippen LogP contribution < -0.4 is 0 Å². The topological polar surface area (TPSA) is 70.8 Å². The van der Waals surface area contributed by atoms with Crippen LogP contribution in [0.1, 0.15) is 61.0 Å². The van der Waals surface area contributed by atoms with Crippen LogP contribution in [0.3, 0.4) is 0 Å². The van der Waals surface area contributed by atoms with Gasteiger partial charge in [-0.15, -0.1) is 0 Å². The number of hydrogen-bond donors (Lipinski definition) is 1. The molecule has 164 valence electrons. The first-order valence-electron chi connectivity index (χ1n) is 10.7. The zero-order chi connectivity index (χ0) is 21.4. The lowest BCUT2D eigenvalue weighted by molar-refractivity contribution is -0.137. The average Bonchev–Trinajstić information content (AvgIpc) is 3.43. The normalized spacial score (nSPS) is 20.7. The van der Waals surface area contributed by atoms with E-state index < -0.39 is 11.7 Å². The first-order valence-corrected chi connectivity index (χ1v) is 10.7. The van der Waals surface area contributed by atoms with Gasteiger partial charge in [-0.2, -0.15) is 18.2 Å². The first kappa shape index (κ1) is 20.2. The fourth-order valence-corrected chi connectivity index (χ4v) is 4.72. The lowest BCUT2D eigenvalue weighted by Crippen LogP contribution is -2.38. The van der Waals surface area contributed by atoms with Crippen molar-refractivity contribution in [2.75, 3.05) is 6.54 Å². The van der Waals surface area contributed by atoms with Crippen LogP contribution in [0.15, 0.2) is 35.1 Å². The molecule has 0 bridgehead atoms. The molecule has 1 aliphatic carbocycles. The Morgan fingerprint density at radius 1 is 1.10 bits per heavy atom. The standard InChI is InChI=1S/C22H24F3N5O/c23-22(24,25)16-8-6-15(7-9-16)20-28-21(31-29-20)19-10-17-18(27-13-26-17)12-30(19)11-14-4-2-1-3-5-14/h6-9,13-14,19H,1-5,10-12H2,(H,26,27)/t19-/m0/s1. The molecule has 0 radical (unpaired) electrons. The van der Waals surface area contributed by atoms with E-state index in [0.717, 1.165) is 36.6 Å². The molecule has 2 aliphatic rings. The van der Waals surface area contributed by atoms with Crippen molar-refractivity contribution < 1.29 is 17.7 Å². The summed E-state index contributed by atoms with van der Waals surface area (Å²) >= 11 is 0. The van der Waals surface area contributed by atoms with Gasteiger partial charge >= 0.3 is 6.18 Å². The minimum atomic E-state index is -4.37. The Morgan fingerprint density at radius 2 is 1.87 bits per heavy atom. The molecule has 31 heavy (non-hydrogen) atoms. The van der Waals surface area contributed by atoms with E-state index in [-0.39, 0.29) is 6.04 Å². The van der Waals surface area contributed by atoms with Crippen molar-refractivity contribution in [1.29, 1.82) is 0 Å². The maximum atomic E-state index is 12.8. The van der Waals surface area contributed by atoms with Crippen LogP contribution in [0.5, 0.6) is 0 Å². The smallest absolute Gasteiger partial charge is 0.347 e. The zero-order valence-electron chi connectivity index (χ0n) is 17.0. The van der Waals surface area contributed by atoms with Gasteiger partial charge in [-0.3, -0.25) is 4.90 Å². The van der Waals surface area contributed by atoms with Gasteiger partial charge in [0.25, 0.3) is 0 Å². The van der Waals surface area contributed by atoms with E-state index in [9.17, 15) is 13.2 Å². The van der Waals surface area contributed by atoms with Crippen molar-refractivity contribution in [2.24, 2.45) is 5.92 Å². The Kier molecular flexibility index (Phi) is 5.29. The lowest BCUT2D eigenvalue weighted by Gasteiger charge is -2.36. The molecule has 1 aliphatic heterocycles. The van der Waals surface area contributed by atoms with Gasteiger partial charge in [-0.25, -0.2) is 4.98 Å². The Hall–Kier alpha value is -2.68. The molecule has 1 aromatic carbocycles. The Balaban J connectivity index is 1.39. The number of imidazole rings is 1. The van der Waals surface area contributed by atoms with Crippen LogP contribution in [-0.2, 0) is 19.1 Å². The SMILES string of the molecule is FC(F)(F)c1ccc(-c2noc([C@@H]3Cc4nc[nH]c4CN3CC3CCCCC3)n2)cc1. The maximum absolute atomic E-state index is 12.8. The molecule has 1 atom stereocenters. The van der Waals surface area contributed by atoms with Crippen molar-refractivity contribution in [3.05, 3.63) is 53.4 Å². The van der Waals surface area contributed by atoms with Crippen LogP contribution in [0.2, 0.25) is 0 Å². The van der Waals surface area contributed by atoms with Crippen molar-refractivity contribution in [1.82, 2.24) is 25.0 Å². The Bertz CT molecular complexity index is 1020. The molecular weight excluding hydrogens is 407 g/mol. The van der Waals surface area contributed by atoms with Crippen LogP contribution >= 0.6 is 0 Å². The van der Waals surface area contributed by atoms with Gasteiger partial charge in [0.15, 0.2) is 0 Å². The fourth-order valence-electron chi connectivity index (χ4n) is 4.72. The monoisotopic (exact) mass is 431 g/mol. The van der Waals surface area contributed by atoms with Gasteiger partial charge in [0.1, 0.15) is 0 Å².